The molecule has 15 heavy (non-hydrogen) atoms. The Hall–Kier alpha value is -0.890. The summed E-state index contributed by atoms with van der Waals surface area (Å²) in [4.78, 5) is 0. The van der Waals surface area contributed by atoms with Gasteiger partial charge in [0.2, 0.25) is 0 Å². The van der Waals surface area contributed by atoms with Crippen molar-refractivity contribution in [3.8, 4) is 0 Å². The second-order valence-corrected chi connectivity index (χ2v) is 4.62. The van der Waals surface area contributed by atoms with Crippen LogP contribution in [0.2, 0.25) is 0 Å². The largest absolute Gasteiger partial charge is 0.313 e. The monoisotopic (exact) mass is 207 g/mol. The van der Waals surface area contributed by atoms with Gasteiger partial charge in [-0.3, -0.25) is 0 Å². The van der Waals surface area contributed by atoms with Gasteiger partial charge in [-0.05, 0) is 43.5 Å². The topological polar surface area (TPSA) is 12.0 Å². The Morgan fingerprint density at radius 3 is 2.53 bits per heavy atom. The Kier molecular flexibility index (Phi) is 2.79. The molecule has 1 aromatic carbocycles. The van der Waals surface area contributed by atoms with Crippen molar-refractivity contribution >= 4 is 0 Å². The van der Waals surface area contributed by atoms with Crippen molar-refractivity contribution in [2.75, 3.05) is 13.1 Å². The minimum Gasteiger partial charge on any atom is -0.313 e. The first-order chi connectivity index (χ1) is 7.11. The Bertz CT molecular complexity index is 333. The molecule has 1 nitrogen and oxygen atoms in total. The van der Waals surface area contributed by atoms with E-state index >= 15 is 0 Å². The summed E-state index contributed by atoms with van der Waals surface area (Å²) in [6.07, 6.45) is 1.19. The summed E-state index contributed by atoms with van der Waals surface area (Å²) in [6, 6.07) is 6.16. The number of hydrogen-bond acceptors (Lipinski definition) is 1. The zero-order chi connectivity index (χ0) is 10.9. The summed E-state index contributed by atoms with van der Waals surface area (Å²) < 4.78 is 14.3. The molecule has 0 amide bonds. The van der Waals surface area contributed by atoms with Crippen LogP contribution >= 0.6 is 0 Å². The normalized spacial score (nSPS) is 25.8. The molecule has 2 heteroatoms. The lowest BCUT2D eigenvalue weighted by Gasteiger charge is -2.20. The Balaban J connectivity index is 2.23. The minimum atomic E-state index is -1.03. The molecular formula is C13H18FN. The van der Waals surface area contributed by atoms with Gasteiger partial charge in [-0.25, -0.2) is 4.39 Å². The average Bonchev–Trinajstić information content (AvgIpc) is 2.60. The summed E-state index contributed by atoms with van der Waals surface area (Å²) >= 11 is 0. The van der Waals surface area contributed by atoms with Crippen LogP contribution < -0.4 is 5.32 Å². The fourth-order valence-electron chi connectivity index (χ4n) is 2.31. The quantitative estimate of drug-likeness (QED) is 0.786. The summed E-state index contributed by atoms with van der Waals surface area (Å²) in [7, 11) is 0. The predicted octanol–water partition coefficient (Wildman–Crippen LogP) is 2.55. The van der Waals surface area contributed by atoms with Crippen molar-refractivity contribution in [2.24, 2.45) is 0 Å². The molecule has 0 radical (unpaired) electrons. The fraction of sp³-hybridized carbons (Fsp3) is 0.538. The molecule has 0 bridgehead atoms. The minimum absolute atomic E-state index is 0.501. The highest BCUT2D eigenvalue weighted by molar-refractivity contribution is 5.35. The van der Waals surface area contributed by atoms with Gasteiger partial charge in [-0.2, -0.15) is 0 Å². The van der Waals surface area contributed by atoms with Crippen LogP contribution in [0.4, 0.5) is 4.39 Å². The van der Waals surface area contributed by atoms with Crippen molar-refractivity contribution in [1.82, 2.24) is 5.32 Å². The zero-order valence-corrected chi connectivity index (χ0v) is 9.44. The average molecular weight is 207 g/mol. The van der Waals surface area contributed by atoms with E-state index in [1.165, 1.54) is 16.7 Å². The smallest absolute Gasteiger partial charge is 0.128 e. The van der Waals surface area contributed by atoms with E-state index in [0.717, 1.165) is 6.54 Å². The van der Waals surface area contributed by atoms with Gasteiger partial charge in [0.1, 0.15) is 5.67 Å². The summed E-state index contributed by atoms with van der Waals surface area (Å²) in [6.45, 7) is 5.43. The van der Waals surface area contributed by atoms with E-state index in [1.807, 2.05) is 6.07 Å². The second kappa shape index (κ2) is 3.93. The highest BCUT2D eigenvalue weighted by atomic mass is 19.1. The first-order valence-electron chi connectivity index (χ1n) is 5.55. The Morgan fingerprint density at radius 1 is 1.33 bits per heavy atom. The van der Waals surface area contributed by atoms with Gasteiger partial charge in [0.25, 0.3) is 0 Å². The molecule has 1 atom stereocenters. The summed E-state index contributed by atoms with van der Waals surface area (Å²) in [5.74, 6) is 0. The van der Waals surface area contributed by atoms with Crippen LogP contribution in [0.25, 0.3) is 0 Å². The number of hydrogen-bond donors (Lipinski definition) is 1. The van der Waals surface area contributed by atoms with E-state index in [9.17, 15) is 4.39 Å². The maximum atomic E-state index is 14.3. The molecule has 1 unspecified atom stereocenters. The lowest BCUT2D eigenvalue weighted by molar-refractivity contribution is 0.190. The number of benzene rings is 1. The van der Waals surface area contributed by atoms with Crippen molar-refractivity contribution in [2.45, 2.75) is 32.4 Å². The molecular weight excluding hydrogens is 189 g/mol. The highest BCUT2D eigenvalue weighted by Gasteiger charge is 2.34. The van der Waals surface area contributed by atoms with E-state index in [-0.39, 0.29) is 0 Å². The highest BCUT2D eigenvalue weighted by Crippen LogP contribution is 2.27. The third-order valence-electron chi connectivity index (χ3n) is 3.33. The van der Waals surface area contributed by atoms with Crippen LogP contribution in [-0.2, 0) is 6.42 Å². The van der Waals surface area contributed by atoms with Crippen LogP contribution in [0, 0.1) is 13.8 Å². The first kappa shape index (κ1) is 10.6. The molecule has 82 valence electrons. The van der Waals surface area contributed by atoms with Gasteiger partial charge < -0.3 is 5.32 Å². The number of aryl methyl sites for hydroxylation is 2. The number of halogens is 1. The fourth-order valence-corrected chi connectivity index (χ4v) is 2.31. The van der Waals surface area contributed by atoms with Gasteiger partial charge in [-0.1, -0.05) is 18.2 Å². The van der Waals surface area contributed by atoms with E-state index < -0.39 is 5.67 Å². The lowest BCUT2D eigenvalue weighted by atomic mass is 9.90. The van der Waals surface area contributed by atoms with Crippen LogP contribution in [-0.4, -0.2) is 18.8 Å². The van der Waals surface area contributed by atoms with E-state index in [1.54, 1.807) is 0 Å². The van der Waals surface area contributed by atoms with Gasteiger partial charge in [0.15, 0.2) is 0 Å². The lowest BCUT2D eigenvalue weighted by Crippen LogP contribution is -2.29. The third kappa shape index (κ3) is 2.20. The van der Waals surface area contributed by atoms with E-state index in [0.29, 0.717) is 19.4 Å². The molecule has 1 aromatic rings. The molecule has 0 aliphatic carbocycles. The van der Waals surface area contributed by atoms with Crippen molar-refractivity contribution in [3.05, 3.63) is 34.9 Å². The van der Waals surface area contributed by atoms with Gasteiger partial charge in [0.05, 0.1) is 0 Å². The van der Waals surface area contributed by atoms with Gasteiger partial charge in [0, 0.05) is 13.0 Å². The van der Waals surface area contributed by atoms with Crippen molar-refractivity contribution < 1.29 is 4.39 Å². The number of alkyl halides is 1. The molecule has 2 rings (SSSR count). The maximum Gasteiger partial charge on any atom is 0.128 e. The Morgan fingerprint density at radius 2 is 2.00 bits per heavy atom. The van der Waals surface area contributed by atoms with E-state index in [2.05, 4.69) is 31.3 Å². The van der Waals surface area contributed by atoms with E-state index in [4.69, 9.17) is 0 Å². The van der Waals surface area contributed by atoms with Crippen LogP contribution in [0.3, 0.4) is 0 Å². The molecule has 0 saturated carbocycles. The molecule has 1 N–H and O–H groups in total. The predicted molar refractivity (Wildman–Crippen MR) is 60.9 cm³/mol. The van der Waals surface area contributed by atoms with Crippen molar-refractivity contribution in [1.29, 1.82) is 0 Å². The first-order valence-corrected chi connectivity index (χ1v) is 5.55. The number of rotatable bonds is 2. The standard InChI is InChI=1S/C13H18FN/c1-10-4-3-5-11(2)12(10)8-13(14)6-7-15-9-13/h3-5,15H,6-9H2,1-2H3. The van der Waals surface area contributed by atoms with Crippen LogP contribution in [0.15, 0.2) is 18.2 Å². The molecule has 0 spiro atoms. The molecule has 0 aromatic heterocycles. The molecule has 1 heterocycles. The third-order valence-corrected chi connectivity index (χ3v) is 3.33. The molecule has 1 saturated heterocycles. The van der Waals surface area contributed by atoms with Crippen LogP contribution in [0.5, 0.6) is 0 Å². The SMILES string of the molecule is Cc1cccc(C)c1CC1(F)CCNC1. The summed E-state index contributed by atoms with van der Waals surface area (Å²) in [5.41, 5.74) is 2.57. The number of nitrogens with one attached hydrogen (secondary N) is 1. The molecule has 1 fully saturated rings. The molecule has 1 aliphatic rings. The summed E-state index contributed by atoms with van der Waals surface area (Å²) in [5, 5.41) is 3.10. The Labute approximate surface area is 90.7 Å². The molecule has 1 aliphatic heterocycles. The maximum absolute atomic E-state index is 14.3. The zero-order valence-electron chi connectivity index (χ0n) is 9.44. The van der Waals surface area contributed by atoms with Crippen molar-refractivity contribution in [3.63, 3.8) is 0 Å². The second-order valence-electron chi connectivity index (χ2n) is 4.62. The van der Waals surface area contributed by atoms with Gasteiger partial charge in [-0.15, -0.1) is 0 Å². The van der Waals surface area contributed by atoms with Crippen LogP contribution in [0.1, 0.15) is 23.1 Å². The van der Waals surface area contributed by atoms with Gasteiger partial charge >= 0.3 is 0 Å².